The van der Waals surface area contributed by atoms with Crippen molar-refractivity contribution in [1.29, 1.82) is 0 Å². The predicted octanol–water partition coefficient (Wildman–Crippen LogP) is 1.19. The summed E-state index contributed by atoms with van der Waals surface area (Å²) in [7, 11) is 0.911. The molecule has 6 heteroatoms. The topological polar surface area (TPSA) is 56.1 Å². The fraction of sp³-hybridized carbons (Fsp3) is 0.727. The fourth-order valence-corrected chi connectivity index (χ4v) is 2.00. The van der Waals surface area contributed by atoms with E-state index in [0.29, 0.717) is 18.9 Å². The molecule has 2 unspecified atom stereocenters. The third kappa shape index (κ3) is 4.47. The van der Waals surface area contributed by atoms with Gasteiger partial charge in [-0.2, -0.15) is 0 Å². The van der Waals surface area contributed by atoms with Crippen LogP contribution in [0.2, 0.25) is 0 Å². The van der Waals surface area contributed by atoms with Gasteiger partial charge in [0.05, 0.1) is 18.3 Å². The van der Waals surface area contributed by atoms with Crippen LogP contribution in [0.1, 0.15) is 18.7 Å². The Morgan fingerprint density at radius 2 is 2.35 bits per heavy atom. The third-order valence-corrected chi connectivity index (χ3v) is 3.19. The molecule has 1 rings (SSSR count). The van der Waals surface area contributed by atoms with E-state index < -0.39 is 10.8 Å². The molecular weight excluding hydrogens is 238 g/mol. The molecule has 0 spiro atoms. The monoisotopic (exact) mass is 259 g/mol. The summed E-state index contributed by atoms with van der Waals surface area (Å²) < 4.78 is 18.2. The molecule has 0 aromatic carbocycles. The molecule has 0 saturated carbocycles. The zero-order chi connectivity index (χ0) is 12.8. The van der Waals surface area contributed by atoms with Gasteiger partial charge in [0.25, 0.3) is 0 Å². The SMILES string of the molecule is COCC(C)n1cc(C)nc1NCCS(C)=O. The fourth-order valence-electron chi connectivity index (χ4n) is 1.61. The van der Waals surface area contributed by atoms with Crippen molar-refractivity contribution in [1.82, 2.24) is 9.55 Å². The van der Waals surface area contributed by atoms with Crippen LogP contribution in [0.3, 0.4) is 0 Å². The van der Waals surface area contributed by atoms with Gasteiger partial charge in [-0.25, -0.2) is 4.98 Å². The number of hydrogen-bond acceptors (Lipinski definition) is 4. The Hall–Kier alpha value is -0.880. The molecule has 98 valence electrons. The molecule has 2 atom stereocenters. The van der Waals surface area contributed by atoms with E-state index in [1.54, 1.807) is 13.4 Å². The van der Waals surface area contributed by atoms with Crippen LogP contribution in [-0.2, 0) is 15.5 Å². The van der Waals surface area contributed by atoms with Crippen molar-refractivity contribution in [3.05, 3.63) is 11.9 Å². The molecule has 1 N–H and O–H groups in total. The minimum atomic E-state index is -0.777. The normalized spacial score (nSPS) is 14.6. The first-order valence-electron chi connectivity index (χ1n) is 5.63. The number of hydrogen-bond donors (Lipinski definition) is 1. The smallest absolute Gasteiger partial charge is 0.203 e. The first kappa shape index (κ1) is 14.2. The zero-order valence-electron chi connectivity index (χ0n) is 10.9. The van der Waals surface area contributed by atoms with Crippen molar-refractivity contribution in [3.8, 4) is 0 Å². The molecule has 1 aromatic rings. The molecule has 0 amide bonds. The summed E-state index contributed by atoms with van der Waals surface area (Å²) in [5.74, 6) is 1.45. The van der Waals surface area contributed by atoms with Crippen LogP contribution >= 0.6 is 0 Å². The summed E-state index contributed by atoms with van der Waals surface area (Å²) in [6.45, 7) is 5.34. The van der Waals surface area contributed by atoms with Gasteiger partial charge in [0.15, 0.2) is 0 Å². The van der Waals surface area contributed by atoms with Gasteiger partial charge in [0.2, 0.25) is 5.95 Å². The average Bonchev–Trinajstić information content (AvgIpc) is 2.59. The minimum absolute atomic E-state index is 0.232. The second kappa shape index (κ2) is 6.76. The quantitative estimate of drug-likeness (QED) is 0.799. The summed E-state index contributed by atoms with van der Waals surface area (Å²) in [6.07, 6.45) is 3.70. The number of nitrogens with zero attached hydrogens (tertiary/aromatic N) is 2. The van der Waals surface area contributed by atoms with E-state index in [1.165, 1.54) is 0 Å². The molecular formula is C11H21N3O2S. The van der Waals surface area contributed by atoms with E-state index in [4.69, 9.17) is 4.74 Å². The van der Waals surface area contributed by atoms with Gasteiger partial charge in [0, 0.05) is 42.7 Å². The lowest BCUT2D eigenvalue weighted by Gasteiger charge is -2.15. The molecule has 1 aromatic heterocycles. The van der Waals surface area contributed by atoms with Crippen molar-refractivity contribution in [3.63, 3.8) is 0 Å². The molecule has 0 saturated heterocycles. The molecule has 0 aliphatic carbocycles. The molecule has 1 heterocycles. The summed E-state index contributed by atoms with van der Waals surface area (Å²) in [5.41, 5.74) is 0.966. The molecule has 17 heavy (non-hydrogen) atoms. The van der Waals surface area contributed by atoms with Gasteiger partial charge in [-0.3, -0.25) is 4.21 Å². The lowest BCUT2D eigenvalue weighted by Crippen LogP contribution is -2.17. The molecule has 0 radical (unpaired) electrons. The van der Waals surface area contributed by atoms with Crippen LogP contribution in [0.25, 0.3) is 0 Å². The van der Waals surface area contributed by atoms with Crippen LogP contribution in [-0.4, -0.2) is 46.0 Å². The zero-order valence-corrected chi connectivity index (χ0v) is 11.7. The van der Waals surface area contributed by atoms with Gasteiger partial charge in [-0.15, -0.1) is 0 Å². The number of aryl methyl sites for hydroxylation is 1. The number of anilines is 1. The van der Waals surface area contributed by atoms with Gasteiger partial charge in [-0.1, -0.05) is 0 Å². The van der Waals surface area contributed by atoms with E-state index in [2.05, 4.69) is 21.8 Å². The van der Waals surface area contributed by atoms with Gasteiger partial charge < -0.3 is 14.6 Å². The number of ether oxygens (including phenoxy) is 1. The van der Waals surface area contributed by atoms with Crippen LogP contribution < -0.4 is 5.32 Å². The van der Waals surface area contributed by atoms with Crippen molar-refractivity contribution in [2.75, 3.05) is 37.6 Å². The van der Waals surface area contributed by atoms with Gasteiger partial charge in [-0.05, 0) is 13.8 Å². The minimum Gasteiger partial charge on any atom is -0.383 e. The Kier molecular flexibility index (Phi) is 5.64. The summed E-state index contributed by atoms with van der Waals surface area (Å²) in [6, 6.07) is 0.232. The third-order valence-electron chi connectivity index (χ3n) is 2.41. The van der Waals surface area contributed by atoms with E-state index >= 15 is 0 Å². The van der Waals surface area contributed by atoms with Crippen LogP contribution in [0, 0.1) is 6.92 Å². The second-order valence-corrected chi connectivity index (χ2v) is 5.68. The first-order valence-corrected chi connectivity index (χ1v) is 7.35. The number of imidazole rings is 1. The Morgan fingerprint density at radius 1 is 1.65 bits per heavy atom. The number of nitrogens with one attached hydrogen (secondary N) is 1. The maximum atomic E-state index is 11.0. The first-order chi connectivity index (χ1) is 8.04. The molecule has 0 fully saturated rings. The van der Waals surface area contributed by atoms with Crippen LogP contribution in [0.15, 0.2) is 6.20 Å². The van der Waals surface area contributed by atoms with Crippen LogP contribution in [0.5, 0.6) is 0 Å². The highest BCUT2D eigenvalue weighted by Crippen LogP contribution is 2.15. The van der Waals surface area contributed by atoms with Crippen molar-refractivity contribution in [2.45, 2.75) is 19.9 Å². The van der Waals surface area contributed by atoms with E-state index in [0.717, 1.165) is 11.6 Å². The molecule has 0 bridgehead atoms. The summed E-state index contributed by atoms with van der Waals surface area (Å²) >= 11 is 0. The van der Waals surface area contributed by atoms with E-state index in [9.17, 15) is 4.21 Å². The summed E-state index contributed by atoms with van der Waals surface area (Å²) in [5, 5.41) is 3.21. The van der Waals surface area contributed by atoms with E-state index in [-0.39, 0.29) is 6.04 Å². The van der Waals surface area contributed by atoms with Crippen molar-refractivity contribution < 1.29 is 8.95 Å². The maximum absolute atomic E-state index is 11.0. The second-order valence-electron chi connectivity index (χ2n) is 4.12. The number of aromatic nitrogens is 2. The Balaban J connectivity index is 2.66. The molecule has 5 nitrogen and oxygen atoms in total. The largest absolute Gasteiger partial charge is 0.383 e. The standard InChI is InChI=1S/C11H21N3O2S/c1-9-7-14(10(2)8-16-3)11(13-9)12-5-6-17(4)15/h7,10H,5-6,8H2,1-4H3,(H,12,13). The molecule has 0 aliphatic rings. The maximum Gasteiger partial charge on any atom is 0.203 e. The lowest BCUT2D eigenvalue weighted by atomic mass is 10.3. The van der Waals surface area contributed by atoms with Crippen LogP contribution in [0.4, 0.5) is 5.95 Å². The highest BCUT2D eigenvalue weighted by atomic mass is 32.2. The van der Waals surface area contributed by atoms with Gasteiger partial charge >= 0.3 is 0 Å². The highest BCUT2D eigenvalue weighted by Gasteiger charge is 2.11. The Bertz CT molecular complexity index is 379. The number of methoxy groups -OCH3 is 1. The van der Waals surface area contributed by atoms with E-state index in [1.807, 2.05) is 13.1 Å². The average molecular weight is 259 g/mol. The number of rotatable bonds is 7. The van der Waals surface area contributed by atoms with Crippen molar-refractivity contribution in [2.24, 2.45) is 0 Å². The Morgan fingerprint density at radius 3 is 2.94 bits per heavy atom. The molecule has 0 aliphatic heterocycles. The lowest BCUT2D eigenvalue weighted by molar-refractivity contribution is 0.163. The highest BCUT2D eigenvalue weighted by molar-refractivity contribution is 7.84. The predicted molar refractivity (Wildman–Crippen MR) is 71.0 cm³/mol. The Labute approximate surface area is 105 Å². The van der Waals surface area contributed by atoms with Gasteiger partial charge in [0.1, 0.15) is 0 Å². The van der Waals surface area contributed by atoms with Crippen molar-refractivity contribution >= 4 is 16.7 Å². The summed E-state index contributed by atoms with van der Waals surface area (Å²) in [4.78, 5) is 4.41.